The minimum atomic E-state index is 0. The summed E-state index contributed by atoms with van der Waals surface area (Å²) in [6.07, 6.45) is 0. The Morgan fingerprint density at radius 3 is 0.556 bits per heavy atom. The molecule has 0 rings (SSSR count). The second kappa shape index (κ2) is 414. The Balaban J connectivity index is -0.00000000114. The number of rotatable bonds is 0. The first-order valence-electron chi connectivity index (χ1n) is 0.894. The minimum absolute atomic E-state index is 0. The normalized spacial score (nSPS) is 1.33. The van der Waals surface area contributed by atoms with E-state index < -0.39 is 0 Å². The molecule has 0 aliphatic carbocycles. The van der Waals surface area contributed by atoms with Crippen molar-refractivity contribution in [2.45, 2.75) is 0 Å². The molecule has 0 aliphatic heterocycles. The molecule has 9 heavy (non-hydrogen) atoms. The van der Waals surface area contributed by atoms with Gasteiger partial charge in [-0.25, -0.2) is 0 Å². The van der Waals surface area contributed by atoms with Crippen LogP contribution < -0.4 is 0 Å². The van der Waals surface area contributed by atoms with E-state index >= 15 is 0 Å². The Hall–Kier alpha value is 1.23. The van der Waals surface area contributed by atoms with E-state index in [1.54, 1.807) is 0 Å². The summed E-state index contributed by atoms with van der Waals surface area (Å²) in [6, 6.07) is 0. The van der Waals surface area contributed by atoms with Gasteiger partial charge in [0.2, 0.25) is 0 Å². The van der Waals surface area contributed by atoms with Crippen molar-refractivity contribution in [3.8, 4) is 0 Å². The van der Waals surface area contributed by atoms with Crippen LogP contribution in [0.1, 0.15) is 0 Å². The van der Waals surface area contributed by atoms with Crippen LogP contribution in [0, 0.1) is 0 Å². The zero-order valence-corrected chi connectivity index (χ0v) is 8.24. The van der Waals surface area contributed by atoms with Crippen LogP contribution in [0.25, 0.3) is 0 Å². The molecule has 2 radical (unpaired) electrons. The zero-order chi connectivity index (χ0) is 4.00. The predicted octanol–water partition coefficient (Wildman–Crippen LogP) is -1.14. The standard InChI is InChI=1S/2CH4O.3O.2Ti/c2*1-2;;;;;/h2*2H,1H3;;;;;/q;;3*-2;2*+3. The van der Waals surface area contributed by atoms with E-state index in [9.17, 15) is 0 Å². The van der Waals surface area contributed by atoms with Crippen LogP contribution in [0.4, 0.5) is 0 Å². The summed E-state index contributed by atoms with van der Waals surface area (Å²) in [5.41, 5.74) is 0. The van der Waals surface area contributed by atoms with E-state index in [4.69, 9.17) is 10.2 Å². The molecular weight excluding hydrogens is 200 g/mol. The first-order valence-corrected chi connectivity index (χ1v) is 0.894. The Labute approximate surface area is 84.2 Å². The Morgan fingerprint density at radius 2 is 0.556 bits per heavy atom. The van der Waals surface area contributed by atoms with E-state index in [1.807, 2.05) is 0 Å². The second-order valence-corrected chi connectivity index (χ2v) is 0. The molecule has 0 atom stereocenters. The first-order chi connectivity index (χ1) is 2.00. The van der Waals surface area contributed by atoms with Crippen LogP contribution in [0.5, 0.6) is 0 Å². The average Bonchev–Trinajstić information content (AvgIpc) is 1.50. The SMILES string of the molecule is CO.CO.[O-2].[O-2].[O-2].[Ti+3].[Ti+3]. The van der Waals surface area contributed by atoms with Crippen LogP contribution >= 0.6 is 0 Å². The van der Waals surface area contributed by atoms with Crippen molar-refractivity contribution in [1.82, 2.24) is 0 Å². The van der Waals surface area contributed by atoms with Crippen molar-refractivity contribution in [3.63, 3.8) is 0 Å². The molecular formula is C2H8O5Ti2. The van der Waals surface area contributed by atoms with Crippen LogP contribution in [0.15, 0.2) is 0 Å². The van der Waals surface area contributed by atoms with Gasteiger partial charge in [-0.3, -0.25) is 0 Å². The van der Waals surface area contributed by atoms with Gasteiger partial charge in [-0.2, -0.15) is 0 Å². The third kappa shape index (κ3) is 319. The summed E-state index contributed by atoms with van der Waals surface area (Å²) in [4.78, 5) is 0. The second-order valence-electron chi connectivity index (χ2n) is 0. The molecule has 0 aromatic carbocycles. The van der Waals surface area contributed by atoms with Crippen molar-refractivity contribution < 1.29 is 70.1 Å². The van der Waals surface area contributed by atoms with Gasteiger partial charge in [0.1, 0.15) is 0 Å². The van der Waals surface area contributed by atoms with Gasteiger partial charge in [0.25, 0.3) is 0 Å². The smallest absolute Gasteiger partial charge is 2.00 e. The van der Waals surface area contributed by atoms with Crippen molar-refractivity contribution in [2.75, 3.05) is 14.2 Å². The third-order valence-electron chi connectivity index (χ3n) is 0. The third-order valence-corrected chi connectivity index (χ3v) is 0. The topological polar surface area (TPSA) is 126 Å². The van der Waals surface area contributed by atoms with Gasteiger partial charge in [-0.15, -0.1) is 0 Å². The maximum Gasteiger partial charge on any atom is 3.00 e. The van der Waals surface area contributed by atoms with E-state index in [0.717, 1.165) is 14.2 Å². The zero-order valence-electron chi connectivity index (χ0n) is 5.12. The fourth-order valence-corrected chi connectivity index (χ4v) is 0. The molecule has 5 nitrogen and oxygen atoms in total. The average molecular weight is 208 g/mol. The molecule has 0 spiro atoms. The summed E-state index contributed by atoms with van der Waals surface area (Å²) in [5, 5.41) is 14.0. The van der Waals surface area contributed by atoms with Crippen molar-refractivity contribution in [3.05, 3.63) is 0 Å². The van der Waals surface area contributed by atoms with E-state index in [2.05, 4.69) is 0 Å². The molecule has 54 valence electrons. The number of hydrogen-bond acceptors (Lipinski definition) is 2. The Kier molecular flexibility index (Phi) is 3840. The number of hydrogen-bond donors (Lipinski definition) is 2. The van der Waals surface area contributed by atoms with Gasteiger partial charge >= 0.3 is 43.4 Å². The fourth-order valence-electron chi connectivity index (χ4n) is 0. The summed E-state index contributed by atoms with van der Waals surface area (Å²) >= 11 is 0. The largest absolute Gasteiger partial charge is 3.00 e. The molecule has 0 unspecified atom stereocenters. The molecule has 0 bridgehead atoms. The van der Waals surface area contributed by atoms with Gasteiger partial charge in [-0.1, -0.05) is 0 Å². The molecule has 0 saturated heterocycles. The van der Waals surface area contributed by atoms with Gasteiger partial charge in [0.05, 0.1) is 0 Å². The first kappa shape index (κ1) is 83.6. The summed E-state index contributed by atoms with van der Waals surface area (Å²) in [6.45, 7) is 0. The summed E-state index contributed by atoms with van der Waals surface area (Å²) < 4.78 is 0. The van der Waals surface area contributed by atoms with Crippen LogP contribution in [-0.4, -0.2) is 24.4 Å². The summed E-state index contributed by atoms with van der Waals surface area (Å²) in [7, 11) is 2.00. The molecule has 0 aliphatic rings. The van der Waals surface area contributed by atoms with Crippen LogP contribution in [0.2, 0.25) is 0 Å². The molecule has 2 N–H and O–H groups in total. The molecule has 0 amide bonds. The molecule has 0 fully saturated rings. The predicted molar refractivity (Wildman–Crippen MR) is 18.3 cm³/mol. The monoisotopic (exact) mass is 208 g/mol. The van der Waals surface area contributed by atoms with Crippen molar-refractivity contribution in [2.24, 2.45) is 0 Å². The number of aliphatic hydroxyl groups is 2. The molecule has 0 saturated carbocycles. The molecule has 0 aromatic heterocycles. The van der Waals surface area contributed by atoms with Crippen LogP contribution in [0.3, 0.4) is 0 Å². The van der Waals surface area contributed by atoms with Gasteiger partial charge in [0.15, 0.2) is 0 Å². The van der Waals surface area contributed by atoms with Gasteiger partial charge in [-0.05, 0) is 0 Å². The van der Waals surface area contributed by atoms with E-state index in [-0.39, 0.29) is 59.9 Å². The Bertz CT molecular complexity index is 12.9. The Morgan fingerprint density at radius 1 is 0.556 bits per heavy atom. The quantitative estimate of drug-likeness (QED) is 0.487. The molecule has 0 heterocycles. The van der Waals surface area contributed by atoms with Crippen LogP contribution in [-0.2, 0) is 59.9 Å². The van der Waals surface area contributed by atoms with E-state index in [1.165, 1.54) is 0 Å². The summed E-state index contributed by atoms with van der Waals surface area (Å²) in [5.74, 6) is 0. The maximum absolute atomic E-state index is 7.00. The maximum atomic E-state index is 7.00. The molecule has 0 aromatic rings. The van der Waals surface area contributed by atoms with Crippen molar-refractivity contribution in [1.29, 1.82) is 0 Å². The minimum Gasteiger partial charge on any atom is -2.00 e. The van der Waals surface area contributed by atoms with Gasteiger partial charge < -0.3 is 26.6 Å². The van der Waals surface area contributed by atoms with Gasteiger partial charge in [0, 0.05) is 14.2 Å². The molecule has 7 heteroatoms. The van der Waals surface area contributed by atoms with Crippen molar-refractivity contribution >= 4 is 0 Å². The number of aliphatic hydroxyl groups excluding tert-OH is 2. The fraction of sp³-hybridized carbons (Fsp3) is 1.00. The van der Waals surface area contributed by atoms with E-state index in [0.29, 0.717) is 0 Å².